The summed E-state index contributed by atoms with van der Waals surface area (Å²) in [5.74, 6) is -0.537. The molecule has 0 spiro atoms. The maximum absolute atomic E-state index is 11.8. The first-order valence-corrected chi connectivity index (χ1v) is 6.47. The van der Waals surface area contributed by atoms with Gasteiger partial charge in [0.2, 0.25) is 0 Å². The van der Waals surface area contributed by atoms with Crippen molar-refractivity contribution < 1.29 is 14.3 Å². The van der Waals surface area contributed by atoms with E-state index >= 15 is 0 Å². The number of anilines is 1. The molecule has 0 bridgehead atoms. The van der Waals surface area contributed by atoms with Crippen molar-refractivity contribution in [2.45, 2.75) is 19.8 Å². The highest BCUT2D eigenvalue weighted by Crippen LogP contribution is 2.06. The molecule has 0 atom stereocenters. The minimum atomic E-state index is -0.381. The van der Waals surface area contributed by atoms with Crippen LogP contribution >= 0.6 is 0 Å². The van der Waals surface area contributed by atoms with Crippen LogP contribution in [0.1, 0.15) is 30.1 Å². The number of carbonyl (C=O) groups excluding carboxylic acids is 2. The van der Waals surface area contributed by atoms with Crippen molar-refractivity contribution in [1.29, 1.82) is 0 Å². The molecule has 0 radical (unpaired) electrons. The van der Waals surface area contributed by atoms with Crippen LogP contribution < -0.4 is 11.1 Å². The molecule has 0 aromatic heterocycles. The van der Waals surface area contributed by atoms with Crippen molar-refractivity contribution in [3.8, 4) is 0 Å². The van der Waals surface area contributed by atoms with E-state index in [0.717, 1.165) is 6.42 Å². The summed E-state index contributed by atoms with van der Waals surface area (Å²) < 4.78 is 4.94. The Labute approximate surface area is 118 Å². The average Bonchev–Trinajstić information content (AvgIpc) is 2.41. The van der Waals surface area contributed by atoms with Crippen molar-refractivity contribution in [1.82, 2.24) is 5.32 Å². The molecule has 1 rings (SSSR count). The Morgan fingerprint density at radius 2 is 2.10 bits per heavy atom. The van der Waals surface area contributed by atoms with Crippen molar-refractivity contribution in [2.24, 2.45) is 0 Å². The number of esters is 1. The van der Waals surface area contributed by atoms with Gasteiger partial charge >= 0.3 is 5.97 Å². The third kappa shape index (κ3) is 5.56. The lowest BCUT2D eigenvalue weighted by molar-refractivity contribution is -0.139. The Balaban J connectivity index is 2.17. The van der Waals surface area contributed by atoms with E-state index < -0.39 is 0 Å². The predicted molar refractivity (Wildman–Crippen MR) is 78.2 cm³/mol. The molecule has 0 saturated carbocycles. The summed E-state index contributed by atoms with van der Waals surface area (Å²) in [5.41, 5.74) is 7.10. The van der Waals surface area contributed by atoms with Gasteiger partial charge in [0.05, 0.1) is 6.61 Å². The van der Waals surface area contributed by atoms with Gasteiger partial charge in [0.1, 0.15) is 0 Å². The molecule has 0 aliphatic rings. The van der Waals surface area contributed by atoms with Crippen LogP contribution in [0, 0.1) is 0 Å². The number of amides is 1. The Morgan fingerprint density at radius 1 is 1.35 bits per heavy atom. The van der Waals surface area contributed by atoms with Crippen LogP contribution in [-0.4, -0.2) is 25.0 Å². The number of hydrogen-bond donors (Lipinski definition) is 2. The van der Waals surface area contributed by atoms with Crippen LogP contribution in [0.4, 0.5) is 5.69 Å². The van der Waals surface area contributed by atoms with E-state index in [2.05, 4.69) is 11.9 Å². The van der Waals surface area contributed by atoms with Crippen LogP contribution in [0.5, 0.6) is 0 Å². The van der Waals surface area contributed by atoms with E-state index in [-0.39, 0.29) is 11.9 Å². The zero-order valence-corrected chi connectivity index (χ0v) is 11.6. The molecule has 0 unspecified atom stereocenters. The normalized spacial score (nSPS) is 9.85. The molecular formula is C15H20N2O3. The first-order valence-electron chi connectivity index (χ1n) is 6.47. The zero-order valence-electron chi connectivity index (χ0n) is 11.6. The predicted octanol–water partition coefficient (Wildman–Crippen LogP) is 1.90. The van der Waals surface area contributed by atoms with Crippen LogP contribution in [0.25, 0.3) is 0 Å². The second kappa shape index (κ2) is 7.99. The number of hydrogen-bond acceptors (Lipinski definition) is 4. The topological polar surface area (TPSA) is 81.4 Å². The minimum absolute atomic E-state index is 0.156. The molecule has 1 amide bonds. The van der Waals surface area contributed by atoms with E-state index in [0.29, 0.717) is 36.4 Å². The van der Waals surface area contributed by atoms with Crippen LogP contribution in [0.3, 0.4) is 0 Å². The Hall–Kier alpha value is -2.30. The number of carbonyl (C=O) groups is 2. The van der Waals surface area contributed by atoms with Gasteiger partial charge in [-0.3, -0.25) is 4.79 Å². The summed E-state index contributed by atoms with van der Waals surface area (Å²) in [7, 11) is 0. The number of nitrogen functional groups attached to an aromatic ring is 1. The molecule has 108 valence electrons. The maximum Gasteiger partial charge on any atom is 0.333 e. The molecule has 3 N–H and O–H groups in total. The van der Waals surface area contributed by atoms with Crippen molar-refractivity contribution in [2.75, 3.05) is 18.9 Å². The summed E-state index contributed by atoms with van der Waals surface area (Å²) in [6.45, 7) is 5.96. The largest absolute Gasteiger partial charge is 0.462 e. The third-order valence-corrected chi connectivity index (χ3v) is 2.59. The molecule has 0 heterocycles. The summed E-state index contributed by atoms with van der Waals surface area (Å²) in [6, 6.07) is 6.80. The van der Waals surface area contributed by atoms with E-state index in [4.69, 9.17) is 10.5 Å². The molecule has 0 fully saturated rings. The lowest BCUT2D eigenvalue weighted by Gasteiger charge is -2.06. The number of benzene rings is 1. The molecular weight excluding hydrogens is 256 g/mol. The molecule has 5 nitrogen and oxygen atoms in total. The summed E-state index contributed by atoms with van der Waals surface area (Å²) in [4.78, 5) is 22.9. The van der Waals surface area contributed by atoms with Gasteiger partial charge in [-0.15, -0.1) is 0 Å². The standard InChI is InChI=1S/C15H20N2O3/c1-11(2)15(19)20-9-4-3-8-17-14(18)12-6-5-7-13(16)10-12/h5-7,10H,1,3-4,8-9,16H2,2H3,(H,17,18). The zero-order chi connectivity index (χ0) is 15.0. The minimum Gasteiger partial charge on any atom is -0.462 e. The smallest absolute Gasteiger partial charge is 0.333 e. The number of unbranched alkanes of at least 4 members (excludes halogenated alkanes) is 1. The lowest BCUT2D eigenvalue weighted by atomic mass is 10.2. The fourth-order valence-electron chi connectivity index (χ4n) is 1.50. The highest BCUT2D eigenvalue weighted by Gasteiger charge is 2.05. The highest BCUT2D eigenvalue weighted by molar-refractivity contribution is 5.94. The van der Waals surface area contributed by atoms with Crippen molar-refractivity contribution in [3.63, 3.8) is 0 Å². The summed E-state index contributed by atoms with van der Waals surface area (Å²) in [6.07, 6.45) is 1.42. The maximum atomic E-state index is 11.8. The lowest BCUT2D eigenvalue weighted by Crippen LogP contribution is -2.24. The fourth-order valence-corrected chi connectivity index (χ4v) is 1.50. The van der Waals surface area contributed by atoms with E-state index in [9.17, 15) is 9.59 Å². The van der Waals surface area contributed by atoms with Gasteiger partial charge in [-0.2, -0.15) is 0 Å². The number of nitrogens with one attached hydrogen (secondary N) is 1. The third-order valence-electron chi connectivity index (χ3n) is 2.59. The van der Waals surface area contributed by atoms with Gasteiger partial charge in [-0.25, -0.2) is 4.79 Å². The fraction of sp³-hybridized carbons (Fsp3) is 0.333. The molecule has 0 saturated heterocycles. The monoisotopic (exact) mass is 276 g/mol. The Kier molecular flexibility index (Phi) is 6.29. The number of ether oxygens (including phenoxy) is 1. The van der Waals surface area contributed by atoms with E-state index in [1.165, 1.54) is 0 Å². The number of rotatable bonds is 7. The van der Waals surface area contributed by atoms with Gasteiger partial charge in [0.15, 0.2) is 0 Å². The SMILES string of the molecule is C=C(C)C(=O)OCCCCNC(=O)c1cccc(N)c1. The molecule has 1 aromatic carbocycles. The molecule has 0 aliphatic heterocycles. The van der Waals surface area contributed by atoms with Gasteiger partial charge in [-0.1, -0.05) is 12.6 Å². The first-order chi connectivity index (χ1) is 9.50. The molecule has 1 aromatic rings. The molecule has 20 heavy (non-hydrogen) atoms. The summed E-state index contributed by atoms with van der Waals surface area (Å²) in [5, 5.41) is 2.78. The Bertz CT molecular complexity index is 498. The van der Waals surface area contributed by atoms with Crippen LogP contribution in [-0.2, 0) is 9.53 Å². The van der Waals surface area contributed by atoms with Gasteiger partial charge in [0, 0.05) is 23.4 Å². The van der Waals surface area contributed by atoms with Crippen LogP contribution in [0.2, 0.25) is 0 Å². The highest BCUT2D eigenvalue weighted by atomic mass is 16.5. The molecule has 5 heteroatoms. The summed E-state index contributed by atoms with van der Waals surface area (Å²) >= 11 is 0. The second-order valence-electron chi connectivity index (χ2n) is 4.50. The van der Waals surface area contributed by atoms with E-state index in [1.807, 2.05) is 0 Å². The Morgan fingerprint density at radius 3 is 2.75 bits per heavy atom. The van der Waals surface area contributed by atoms with Gasteiger partial charge < -0.3 is 15.8 Å². The average molecular weight is 276 g/mol. The first kappa shape index (κ1) is 15.8. The van der Waals surface area contributed by atoms with E-state index in [1.54, 1.807) is 31.2 Å². The van der Waals surface area contributed by atoms with Crippen LogP contribution in [0.15, 0.2) is 36.4 Å². The quantitative estimate of drug-likeness (QED) is 0.345. The van der Waals surface area contributed by atoms with Crippen molar-refractivity contribution in [3.05, 3.63) is 42.0 Å². The number of nitrogens with two attached hydrogens (primary N) is 1. The molecule has 0 aliphatic carbocycles. The van der Waals surface area contributed by atoms with Gasteiger partial charge in [-0.05, 0) is 38.0 Å². The van der Waals surface area contributed by atoms with Crippen molar-refractivity contribution >= 4 is 17.6 Å². The second-order valence-corrected chi connectivity index (χ2v) is 4.50. The van der Waals surface area contributed by atoms with Gasteiger partial charge in [0.25, 0.3) is 5.91 Å².